The fraction of sp³-hybridized carbons (Fsp3) is 0.700. The number of β-amino-alcohol motifs (C(OH)–C–C–N with tert-alkyl or cyclic N) is 1. The van der Waals surface area contributed by atoms with E-state index < -0.39 is 12.0 Å². The van der Waals surface area contributed by atoms with E-state index in [1.54, 1.807) is 12.1 Å². The fourth-order valence-electron chi connectivity index (χ4n) is 4.65. The van der Waals surface area contributed by atoms with Gasteiger partial charge in [-0.15, -0.1) is 26.3 Å². The molecule has 1 N–H and O–H groups in total. The lowest BCUT2D eigenvalue weighted by Crippen LogP contribution is -2.46. The lowest BCUT2D eigenvalue weighted by atomic mass is 9.93. The van der Waals surface area contributed by atoms with Crippen molar-refractivity contribution >= 4 is 0 Å². The van der Waals surface area contributed by atoms with Gasteiger partial charge in [0.1, 0.15) is 5.75 Å². The summed E-state index contributed by atoms with van der Waals surface area (Å²) in [5.41, 5.74) is 0.106. The molecule has 0 bridgehead atoms. The number of fused-ring (bicyclic) bond motifs is 1. The van der Waals surface area contributed by atoms with Crippen LogP contribution in [-0.4, -0.2) is 61.4 Å². The van der Waals surface area contributed by atoms with Crippen LogP contribution in [0.5, 0.6) is 5.75 Å². The maximum atomic E-state index is 12.3. The van der Waals surface area contributed by atoms with Crippen LogP contribution in [0.4, 0.5) is 13.2 Å². The minimum Gasteiger partial charge on any atom is -0.658 e. The molecule has 3 fully saturated rings. The molecule has 2 saturated heterocycles. The van der Waals surface area contributed by atoms with Crippen molar-refractivity contribution in [3.05, 3.63) is 35.1 Å². The maximum absolute atomic E-state index is 12.3. The predicted octanol–water partition coefficient (Wildman–Crippen LogP) is 3.18. The molecule has 2 atom stereocenters. The summed E-state index contributed by atoms with van der Waals surface area (Å²) < 4.78 is 46.2. The molecule has 5 nitrogen and oxygen atoms in total. The van der Waals surface area contributed by atoms with Gasteiger partial charge in [-0.2, -0.15) is 0 Å². The van der Waals surface area contributed by atoms with Gasteiger partial charge in [-0.25, -0.2) is 0 Å². The SMILES string of the molecule is OC1(CN2CC3C(C[N-]Cc4cccc(OC(F)(F)F)c4)C3C2)CCOCC1. The molecule has 28 heavy (non-hydrogen) atoms. The number of nitrogens with zero attached hydrogens (tertiary/aromatic N) is 2. The molecule has 3 aliphatic rings. The van der Waals surface area contributed by atoms with Crippen molar-refractivity contribution in [2.75, 3.05) is 39.4 Å². The van der Waals surface area contributed by atoms with Gasteiger partial charge >= 0.3 is 6.36 Å². The van der Waals surface area contributed by atoms with Crippen molar-refractivity contribution in [2.24, 2.45) is 17.8 Å². The van der Waals surface area contributed by atoms with Gasteiger partial charge in [-0.1, -0.05) is 23.6 Å². The minimum atomic E-state index is -4.68. The van der Waals surface area contributed by atoms with Gasteiger partial charge in [0.2, 0.25) is 0 Å². The Balaban J connectivity index is 1.17. The zero-order chi connectivity index (χ0) is 19.8. The van der Waals surface area contributed by atoms with E-state index in [9.17, 15) is 18.3 Å². The number of alkyl halides is 3. The molecule has 1 aromatic carbocycles. The normalized spacial score (nSPS) is 29.5. The summed E-state index contributed by atoms with van der Waals surface area (Å²) in [6, 6.07) is 6.00. The molecule has 8 heteroatoms. The number of benzene rings is 1. The van der Waals surface area contributed by atoms with E-state index in [0.29, 0.717) is 50.4 Å². The second-order valence-corrected chi connectivity index (χ2v) is 8.28. The number of halogens is 3. The number of hydrogen-bond acceptors (Lipinski definition) is 4. The quantitative estimate of drug-likeness (QED) is 0.765. The first kappa shape index (κ1) is 19.9. The molecule has 1 aliphatic carbocycles. The monoisotopic (exact) mass is 399 g/mol. The molecule has 0 amide bonds. The van der Waals surface area contributed by atoms with E-state index in [0.717, 1.165) is 31.7 Å². The van der Waals surface area contributed by atoms with Crippen molar-refractivity contribution in [3.63, 3.8) is 0 Å². The van der Waals surface area contributed by atoms with E-state index in [4.69, 9.17) is 4.74 Å². The molecule has 2 aliphatic heterocycles. The Morgan fingerprint density at radius 1 is 1.21 bits per heavy atom. The van der Waals surface area contributed by atoms with Crippen LogP contribution in [0.15, 0.2) is 24.3 Å². The number of hydrogen-bond donors (Lipinski definition) is 1. The van der Waals surface area contributed by atoms with Crippen LogP contribution in [0.25, 0.3) is 5.32 Å². The van der Waals surface area contributed by atoms with Gasteiger partial charge in [0.15, 0.2) is 0 Å². The van der Waals surface area contributed by atoms with E-state index in [1.807, 2.05) is 0 Å². The highest BCUT2D eigenvalue weighted by Gasteiger charge is 2.54. The largest absolute Gasteiger partial charge is 0.658 e. The zero-order valence-corrected chi connectivity index (χ0v) is 15.7. The molecule has 0 spiro atoms. The average molecular weight is 399 g/mol. The Morgan fingerprint density at radius 2 is 1.93 bits per heavy atom. The summed E-state index contributed by atoms with van der Waals surface area (Å²) in [5.74, 6) is 1.62. The van der Waals surface area contributed by atoms with Crippen molar-refractivity contribution in [1.82, 2.24) is 4.90 Å². The molecule has 1 saturated carbocycles. The van der Waals surface area contributed by atoms with E-state index in [1.165, 1.54) is 12.1 Å². The number of aliphatic hydroxyl groups is 1. The molecular formula is C20H26F3N2O3-. The zero-order valence-electron chi connectivity index (χ0n) is 15.7. The summed E-state index contributed by atoms with van der Waals surface area (Å²) in [7, 11) is 0. The van der Waals surface area contributed by atoms with Gasteiger partial charge in [0.05, 0.1) is 5.60 Å². The highest BCUT2D eigenvalue weighted by atomic mass is 19.4. The van der Waals surface area contributed by atoms with E-state index in [2.05, 4.69) is 15.0 Å². The van der Waals surface area contributed by atoms with Crippen molar-refractivity contribution < 1.29 is 27.8 Å². The van der Waals surface area contributed by atoms with Crippen LogP contribution in [0.1, 0.15) is 18.4 Å². The van der Waals surface area contributed by atoms with Gasteiger partial charge in [0, 0.05) is 45.7 Å². The molecule has 0 aromatic heterocycles. The standard InChI is InChI=1S/C20H26F3N2O3/c21-20(22,23)28-15-3-1-2-14(8-15)9-24-10-16-17-11-25(12-18(16)17)13-19(26)4-6-27-7-5-19/h1-3,8,16-18,26H,4-7,9-13H2/q-1. The van der Waals surface area contributed by atoms with E-state index in [-0.39, 0.29) is 5.75 Å². The van der Waals surface area contributed by atoms with Crippen molar-refractivity contribution in [2.45, 2.75) is 31.3 Å². The van der Waals surface area contributed by atoms with Crippen molar-refractivity contribution in [3.8, 4) is 5.75 Å². The van der Waals surface area contributed by atoms with Gasteiger partial charge < -0.3 is 19.9 Å². The summed E-state index contributed by atoms with van der Waals surface area (Å²) in [6.07, 6.45) is -3.27. The van der Waals surface area contributed by atoms with Gasteiger partial charge in [0.25, 0.3) is 0 Å². The summed E-state index contributed by atoms with van der Waals surface area (Å²) >= 11 is 0. The molecule has 156 valence electrons. The smallest absolute Gasteiger partial charge is 0.573 e. The van der Waals surface area contributed by atoms with E-state index >= 15 is 0 Å². The van der Waals surface area contributed by atoms with Crippen LogP contribution < -0.4 is 4.74 Å². The number of rotatable bonds is 7. The predicted molar refractivity (Wildman–Crippen MR) is 97.0 cm³/mol. The third kappa shape index (κ3) is 4.97. The first-order chi connectivity index (χ1) is 13.3. The first-order valence-corrected chi connectivity index (χ1v) is 9.82. The van der Waals surface area contributed by atoms with Crippen LogP contribution in [-0.2, 0) is 11.3 Å². The van der Waals surface area contributed by atoms with Gasteiger partial charge in [-0.3, -0.25) is 4.90 Å². The molecular weight excluding hydrogens is 373 g/mol. The van der Waals surface area contributed by atoms with Crippen LogP contribution in [0.2, 0.25) is 0 Å². The third-order valence-corrected chi connectivity index (χ3v) is 6.15. The molecule has 2 heterocycles. The lowest BCUT2D eigenvalue weighted by Gasteiger charge is -2.36. The first-order valence-electron chi connectivity index (χ1n) is 9.82. The fourth-order valence-corrected chi connectivity index (χ4v) is 4.65. The second-order valence-electron chi connectivity index (χ2n) is 8.28. The van der Waals surface area contributed by atoms with Crippen LogP contribution >= 0.6 is 0 Å². The number of ether oxygens (including phenoxy) is 2. The summed E-state index contributed by atoms with van der Waals surface area (Å²) in [4.78, 5) is 2.36. The molecule has 2 unspecified atom stereocenters. The Kier molecular flexibility index (Phi) is 5.57. The van der Waals surface area contributed by atoms with Crippen LogP contribution in [0, 0.1) is 17.8 Å². The Bertz CT molecular complexity index is 667. The molecule has 4 rings (SSSR count). The second kappa shape index (κ2) is 7.82. The number of likely N-dealkylation sites (tertiary alicyclic amines) is 1. The highest BCUT2D eigenvalue weighted by Crippen LogP contribution is 2.52. The minimum absolute atomic E-state index is 0.204. The number of piperidine rings is 1. The Labute approximate surface area is 162 Å². The van der Waals surface area contributed by atoms with Gasteiger partial charge in [-0.05, 0) is 24.0 Å². The summed E-state index contributed by atoms with van der Waals surface area (Å²) in [5, 5.41) is 15.2. The molecule has 0 radical (unpaired) electrons. The summed E-state index contributed by atoms with van der Waals surface area (Å²) in [6.45, 7) is 5.13. The Morgan fingerprint density at radius 3 is 2.61 bits per heavy atom. The topological polar surface area (TPSA) is 56.0 Å². The van der Waals surface area contributed by atoms with Crippen LogP contribution in [0.3, 0.4) is 0 Å². The Hall–Kier alpha value is -1.35. The maximum Gasteiger partial charge on any atom is 0.573 e. The van der Waals surface area contributed by atoms with Crippen molar-refractivity contribution in [1.29, 1.82) is 0 Å². The molecule has 1 aromatic rings. The third-order valence-electron chi connectivity index (χ3n) is 6.15. The average Bonchev–Trinajstić information content (AvgIpc) is 3.06. The highest BCUT2D eigenvalue weighted by molar-refractivity contribution is 5.30. The lowest BCUT2D eigenvalue weighted by molar-refractivity contribution is -0.274.